The smallest absolute Gasteiger partial charge is 0.325 e. The summed E-state index contributed by atoms with van der Waals surface area (Å²) in [5.41, 5.74) is 1.02. The first-order valence-corrected chi connectivity index (χ1v) is 10.9. The fourth-order valence-corrected chi connectivity index (χ4v) is 5.04. The third-order valence-electron chi connectivity index (χ3n) is 5.20. The minimum absolute atomic E-state index is 0.0227. The summed E-state index contributed by atoms with van der Waals surface area (Å²) in [5, 5.41) is 10.3. The van der Waals surface area contributed by atoms with E-state index in [2.05, 4.69) is 4.72 Å². The van der Waals surface area contributed by atoms with Crippen molar-refractivity contribution in [1.82, 2.24) is 4.72 Å². The zero-order valence-corrected chi connectivity index (χ0v) is 16.8. The first kappa shape index (κ1) is 19.6. The predicted molar refractivity (Wildman–Crippen MR) is 111 cm³/mol. The maximum Gasteiger partial charge on any atom is 0.325 e. The van der Waals surface area contributed by atoms with Crippen LogP contribution in [0.3, 0.4) is 0 Å². The highest BCUT2D eigenvalue weighted by atomic mass is 35.5. The predicted octanol–water partition coefficient (Wildman–Crippen LogP) is 4.30. The second-order valence-corrected chi connectivity index (χ2v) is 9.20. The molecule has 29 heavy (non-hydrogen) atoms. The topological polar surface area (TPSA) is 83.5 Å². The highest BCUT2D eigenvalue weighted by molar-refractivity contribution is 7.89. The molecule has 1 unspecified atom stereocenters. The van der Waals surface area contributed by atoms with Gasteiger partial charge in [0.05, 0.1) is 4.90 Å². The average Bonchev–Trinajstić information content (AvgIpc) is 3.44. The standard InChI is InChI=1S/C22H18ClNO4S/c23-18-10-6-15(7-11-18)16-8-12-19(13-9-16)29(27,28)24-22(21(25)26)14-20(22)17-4-2-1-3-5-17/h1-13,20,24H,14H2,(H,25,26)/t20-,22?/m0/s1. The molecule has 0 radical (unpaired) electrons. The van der Waals surface area contributed by atoms with Gasteiger partial charge in [0.2, 0.25) is 10.0 Å². The van der Waals surface area contributed by atoms with Gasteiger partial charge in [-0.2, -0.15) is 4.72 Å². The Labute approximate surface area is 174 Å². The lowest BCUT2D eigenvalue weighted by Crippen LogP contribution is -2.44. The summed E-state index contributed by atoms with van der Waals surface area (Å²) in [6, 6.07) is 22.6. The fourth-order valence-electron chi connectivity index (χ4n) is 3.51. The lowest BCUT2D eigenvalue weighted by molar-refractivity contribution is -0.140. The molecule has 0 heterocycles. The van der Waals surface area contributed by atoms with E-state index < -0.39 is 27.4 Å². The molecular formula is C22H18ClNO4S. The first-order valence-electron chi connectivity index (χ1n) is 9.00. The van der Waals surface area contributed by atoms with Gasteiger partial charge < -0.3 is 5.11 Å². The Bertz CT molecular complexity index is 1150. The van der Waals surface area contributed by atoms with Gasteiger partial charge in [-0.3, -0.25) is 4.79 Å². The fraction of sp³-hybridized carbons (Fsp3) is 0.136. The quantitative estimate of drug-likeness (QED) is 0.614. The van der Waals surface area contributed by atoms with Gasteiger partial charge in [-0.15, -0.1) is 0 Å². The minimum atomic E-state index is -4.00. The Morgan fingerprint density at radius 1 is 0.931 bits per heavy atom. The monoisotopic (exact) mass is 427 g/mol. The lowest BCUT2D eigenvalue weighted by atomic mass is 10.1. The third kappa shape index (κ3) is 3.79. The molecule has 2 N–H and O–H groups in total. The third-order valence-corrected chi connectivity index (χ3v) is 6.98. The Balaban J connectivity index is 1.58. The number of halogens is 1. The summed E-state index contributed by atoms with van der Waals surface area (Å²) < 4.78 is 28.2. The molecule has 2 atom stereocenters. The summed E-state index contributed by atoms with van der Waals surface area (Å²) in [6.45, 7) is 0. The molecule has 1 aliphatic carbocycles. The molecule has 1 fully saturated rings. The van der Waals surface area contributed by atoms with Crippen LogP contribution in [0.2, 0.25) is 5.02 Å². The normalized spacial score (nSPS) is 20.9. The van der Waals surface area contributed by atoms with E-state index in [-0.39, 0.29) is 11.3 Å². The van der Waals surface area contributed by atoms with Gasteiger partial charge in [0.1, 0.15) is 5.54 Å². The molecule has 0 aromatic heterocycles. The van der Waals surface area contributed by atoms with Gasteiger partial charge in [-0.05, 0) is 47.4 Å². The van der Waals surface area contributed by atoms with Crippen LogP contribution in [0.15, 0.2) is 83.8 Å². The van der Waals surface area contributed by atoms with Crippen LogP contribution in [0.25, 0.3) is 11.1 Å². The lowest BCUT2D eigenvalue weighted by Gasteiger charge is -2.16. The van der Waals surface area contributed by atoms with E-state index >= 15 is 0 Å². The van der Waals surface area contributed by atoms with Crippen molar-refractivity contribution >= 4 is 27.6 Å². The van der Waals surface area contributed by atoms with Crippen LogP contribution >= 0.6 is 11.6 Å². The van der Waals surface area contributed by atoms with E-state index in [9.17, 15) is 18.3 Å². The van der Waals surface area contributed by atoms with Gasteiger partial charge >= 0.3 is 5.97 Å². The van der Waals surface area contributed by atoms with E-state index in [4.69, 9.17) is 11.6 Å². The summed E-state index contributed by atoms with van der Waals surface area (Å²) in [6.07, 6.45) is 0.217. The summed E-state index contributed by atoms with van der Waals surface area (Å²) in [4.78, 5) is 11.9. The van der Waals surface area contributed by atoms with Gasteiger partial charge in [-0.25, -0.2) is 8.42 Å². The van der Waals surface area contributed by atoms with E-state index in [1.54, 1.807) is 24.3 Å². The second kappa shape index (κ2) is 7.30. The van der Waals surface area contributed by atoms with Gasteiger partial charge in [0.25, 0.3) is 0 Å². The van der Waals surface area contributed by atoms with Gasteiger partial charge in [0, 0.05) is 10.9 Å². The molecule has 3 aromatic rings. The number of carbonyl (C=O) groups is 1. The van der Waals surface area contributed by atoms with Crippen molar-refractivity contribution in [3.05, 3.63) is 89.4 Å². The molecule has 148 valence electrons. The Morgan fingerprint density at radius 3 is 2.03 bits per heavy atom. The molecule has 0 spiro atoms. The molecule has 3 aromatic carbocycles. The van der Waals surface area contributed by atoms with E-state index in [0.29, 0.717) is 5.02 Å². The highest BCUT2D eigenvalue weighted by Crippen LogP contribution is 2.52. The van der Waals surface area contributed by atoms with Crippen molar-refractivity contribution in [2.24, 2.45) is 0 Å². The Hall–Kier alpha value is -2.67. The van der Waals surface area contributed by atoms with Crippen LogP contribution in [-0.4, -0.2) is 25.0 Å². The summed E-state index contributed by atoms with van der Waals surface area (Å²) in [5.74, 6) is -1.57. The molecule has 0 aliphatic heterocycles. The number of aliphatic carboxylic acids is 1. The number of hydrogen-bond donors (Lipinski definition) is 2. The number of hydrogen-bond acceptors (Lipinski definition) is 3. The first-order chi connectivity index (χ1) is 13.8. The Kier molecular flexibility index (Phi) is 4.94. The molecular weight excluding hydrogens is 410 g/mol. The average molecular weight is 428 g/mol. The minimum Gasteiger partial charge on any atom is -0.480 e. The van der Waals surface area contributed by atoms with Crippen molar-refractivity contribution in [2.45, 2.75) is 22.8 Å². The molecule has 5 nitrogen and oxygen atoms in total. The zero-order chi connectivity index (χ0) is 20.6. The summed E-state index contributed by atoms with van der Waals surface area (Å²) >= 11 is 5.90. The van der Waals surface area contributed by atoms with Crippen molar-refractivity contribution in [3.63, 3.8) is 0 Å². The SMILES string of the molecule is O=C(O)C1(NS(=O)(=O)c2ccc(-c3ccc(Cl)cc3)cc2)C[C@H]1c1ccccc1. The van der Waals surface area contributed by atoms with Crippen LogP contribution in [0.5, 0.6) is 0 Å². The zero-order valence-electron chi connectivity index (χ0n) is 15.2. The number of nitrogens with one attached hydrogen (secondary N) is 1. The van der Waals surface area contributed by atoms with Crippen LogP contribution in [0.4, 0.5) is 0 Å². The second-order valence-electron chi connectivity index (χ2n) is 7.08. The van der Waals surface area contributed by atoms with Crippen LogP contribution in [0, 0.1) is 0 Å². The van der Waals surface area contributed by atoms with Crippen molar-refractivity contribution < 1.29 is 18.3 Å². The van der Waals surface area contributed by atoms with Crippen LogP contribution in [-0.2, 0) is 14.8 Å². The molecule has 4 rings (SSSR count). The number of sulfonamides is 1. The summed E-state index contributed by atoms with van der Waals surface area (Å²) in [7, 11) is -4.00. The molecule has 7 heteroatoms. The van der Waals surface area contributed by atoms with E-state index in [1.165, 1.54) is 12.1 Å². The molecule has 1 saturated carbocycles. The van der Waals surface area contributed by atoms with Crippen molar-refractivity contribution in [2.75, 3.05) is 0 Å². The number of benzene rings is 3. The molecule has 0 amide bonds. The molecule has 0 bridgehead atoms. The van der Waals surface area contributed by atoms with E-state index in [0.717, 1.165) is 16.7 Å². The van der Waals surface area contributed by atoms with Gasteiger partial charge in [-0.1, -0.05) is 66.2 Å². The maximum absolute atomic E-state index is 12.9. The van der Waals surface area contributed by atoms with Gasteiger partial charge in [0.15, 0.2) is 0 Å². The Morgan fingerprint density at radius 2 is 1.48 bits per heavy atom. The van der Waals surface area contributed by atoms with Crippen LogP contribution in [0.1, 0.15) is 17.9 Å². The molecule has 0 saturated heterocycles. The highest BCUT2D eigenvalue weighted by Gasteiger charge is 2.63. The molecule has 1 aliphatic rings. The number of rotatable bonds is 6. The number of carboxylic acids is 1. The number of carboxylic acid groups (broad SMARTS) is 1. The van der Waals surface area contributed by atoms with Crippen LogP contribution < -0.4 is 4.72 Å². The van der Waals surface area contributed by atoms with Crippen molar-refractivity contribution in [1.29, 1.82) is 0 Å². The van der Waals surface area contributed by atoms with Crippen molar-refractivity contribution in [3.8, 4) is 11.1 Å². The largest absolute Gasteiger partial charge is 0.480 e. The maximum atomic E-state index is 12.9. The van der Waals surface area contributed by atoms with E-state index in [1.807, 2.05) is 42.5 Å².